The fourth-order valence-electron chi connectivity index (χ4n) is 2.13. The van der Waals surface area contributed by atoms with Crippen LogP contribution in [0.4, 0.5) is 4.39 Å². The van der Waals surface area contributed by atoms with Crippen LogP contribution in [-0.2, 0) is 6.42 Å². The first kappa shape index (κ1) is 16.0. The molecule has 0 saturated carbocycles. The number of hydrogen-bond acceptors (Lipinski definition) is 3. The Labute approximate surface area is 132 Å². The standard InChI is InChI=1S/C15H15Cl2FN2O/c1-21-15-5-3-11(16)6-10(15)8-14(20-19)9-2-4-13(18)12(17)7-9/h2-7,14,20H,8,19H2,1H3. The molecule has 0 amide bonds. The lowest BCUT2D eigenvalue weighted by Crippen LogP contribution is -2.29. The van der Waals surface area contributed by atoms with E-state index in [4.69, 9.17) is 33.8 Å². The number of rotatable bonds is 5. The van der Waals surface area contributed by atoms with Crippen molar-refractivity contribution in [2.45, 2.75) is 12.5 Å². The summed E-state index contributed by atoms with van der Waals surface area (Å²) in [5.74, 6) is 5.86. The van der Waals surface area contributed by atoms with Crippen molar-refractivity contribution in [1.82, 2.24) is 5.43 Å². The molecule has 3 N–H and O–H groups in total. The van der Waals surface area contributed by atoms with Gasteiger partial charge in [0.25, 0.3) is 0 Å². The topological polar surface area (TPSA) is 47.3 Å². The Balaban J connectivity index is 2.30. The third-order valence-corrected chi connectivity index (χ3v) is 3.74. The van der Waals surface area contributed by atoms with E-state index in [0.29, 0.717) is 17.2 Å². The largest absolute Gasteiger partial charge is 0.496 e. The number of hydrogen-bond donors (Lipinski definition) is 2. The van der Waals surface area contributed by atoms with E-state index >= 15 is 0 Å². The van der Waals surface area contributed by atoms with Gasteiger partial charge in [0.1, 0.15) is 11.6 Å². The third kappa shape index (κ3) is 3.86. The van der Waals surface area contributed by atoms with Gasteiger partial charge in [0.05, 0.1) is 18.2 Å². The van der Waals surface area contributed by atoms with E-state index in [1.165, 1.54) is 6.07 Å². The van der Waals surface area contributed by atoms with Gasteiger partial charge in [0, 0.05) is 5.02 Å². The van der Waals surface area contributed by atoms with Crippen LogP contribution >= 0.6 is 23.2 Å². The first-order chi connectivity index (χ1) is 10.0. The summed E-state index contributed by atoms with van der Waals surface area (Å²) >= 11 is 11.8. The predicted octanol–water partition coefficient (Wildman–Crippen LogP) is 3.89. The summed E-state index contributed by atoms with van der Waals surface area (Å²) in [6.45, 7) is 0. The Bertz CT molecular complexity index is 637. The van der Waals surface area contributed by atoms with Gasteiger partial charge in [-0.15, -0.1) is 0 Å². The molecule has 0 bridgehead atoms. The van der Waals surface area contributed by atoms with Crippen molar-refractivity contribution in [2.75, 3.05) is 7.11 Å². The van der Waals surface area contributed by atoms with Gasteiger partial charge in [-0.3, -0.25) is 11.3 Å². The van der Waals surface area contributed by atoms with Crippen LogP contribution in [0.3, 0.4) is 0 Å². The maximum absolute atomic E-state index is 13.2. The highest BCUT2D eigenvalue weighted by Crippen LogP contribution is 2.29. The minimum absolute atomic E-state index is 0.0609. The van der Waals surface area contributed by atoms with Crippen LogP contribution in [0.2, 0.25) is 10.0 Å². The minimum Gasteiger partial charge on any atom is -0.496 e. The summed E-state index contributed by atoms with van der Waals surface area (Å²) in [7, 11) is 1.59. The molecule has 0 aliphatic carbocycles. The molecule has 0 aliphatic heterocycles. The van der Waals surface area contributed by atoms with Gasteiger partial charge in [0.15, 0.2) is 0 Å². The summed E-state index contributed by atoms with van der Waals surface area (Å²) in [6, 6.07) is 9.64. The van der Waals surface area contributed by atoms with E-state index < -0.39 is 5.82 Å². The summed E-state index contributed by atoms with van der Waals surface area (Å²) in [6.07, 6.45) is 0.530. The van der Waals surface area contributed by atoms with Gasteiger partial charge >= 0.3 is 0 Å². The number of halogens is 3. The van der Waals surface area contributed by atoms with Crippen LogP contribution in [0, 0.1) is 5.82 Å². The van der Waals surface area contributed by atoms with Crippen LogP contribution < -0.4 is 16.0 Å². The average Bonchev–Trinajstić information content (AvgIpc) is 2.48. The number of ether oxygens (including phenoxy) is 1. The fraction of sp³-hybridized carbons (Fsp3) is 0.200. The first-order valence-electron chi connectivity index (χ1n) is 6.28. The molecule has 6 heteroatoms. The van der Waals surface area contributed by atoms with E-state index in [-0.39, 0.29) is 11.1 Å². The summed E-state index contributed by atoms with van der Waals surface area (Å²) < 4.78 is 18.6. The Morgan fingerprint density at radius 1 is 1.24 bits per heavy atom. The molecule has 2 aromatic rings. The van der Waals surface area contributed by atoms with Crippen molar-refractivity contribution in [1.29, 1.82) is 0 Å². The van der Waals surface area contributed by atoms with Crippen LogP contribution in [0.1, 0.15) is 17.2 Å². The molecule has 0 aliphatic rings. The zero-order chi connectivity index (χ0) is 15.4. The van der Waals surface area contributed by atoms with Crippen molar-refractivity contribution in [3.8, 4) is 5.75 Å². The van der Waals surface area contributed by atoms with Gasteiger partial charge in [-0.25, -0.2) is 4.39 Å². The van der Waals surface area contributed by atoms with Crippen molar-refractivity contribution in [3.05, 3.63) is 63.4 Å². The van der Waals surface area contributed by atoms with Crippen molar-refractivity contribution >= 4 is 23.2 Å². The Hall–Kier alpha value is -1.33. The van der Waals surface area contributed by atoms with Gasteiger partial charge in [-0.05, 0) is 47.9 Å². The lowest BCUT2D eigenvalue weighted by molar-refractivity contribution is 0.405. The second kappa shape index (κ2) is 7.09. The minimum atomic E-state index is -0.462. The number of methoxy groups -OCH3 is 1. The zero-order valence-electron chi connectivity index (χ0n) is 11.4. The second-order valence-electron chi connectivity index (χ2n) is 4.55. The molecule has 0 heterocycles. The number of hydrazine groups is 1. The molecule has 3 nitrogen and oxygen atoms in total. The van der Waals surface area contributed by atoms with Gasteiger partial charge < -0.3 is 4.74 Å². The average molecular weight is 329 g/mol. The van der Waals surface area contributed by atoms with E-state index in [9.17, 15) is 4.39 Å². The summed E-state index contributed by atoms with van der Waals surface area (Å²) in [4.78, 5) is 0. The van der Waals surface area contributed by atoms with Crippen molar-refractivity contribution in [2.24, 2.45) is 5.84 Å². The molecule has 1 atom stereocenters. The maximum atomic E-state index is 13.2. The highest BCUT2D eigenvalue weighted by atomic mass is 35.5. The highest BCUT2D eigenvalue weighted by Gasteiger charge is 2.15. The lowest BCUT2D eigenvalue weighted by Gasteiger charge is -2.18. The van der Waals surface area contributed by atoms with E-state index in [0.717, 1.165) is 11.1 Å². The summed E-state index contributed by atoms with van der Waals surface area (Å²) in [5, 5.41) is 0.671. The molecule has 0 radical (unpaired) electrons. The molecule has 2 rings (SSSR count). The van der Waals surface area contributed by atoms with E-state index in [1.807, 2.05) is 6.07 Å². The van der Waals surface area contributed by atoms with Crippen molar-refractivity contribution in [3.63, 3.8) is 0 Å². The molecule has 0 spiro atoms. The third-order valence-electron chi connectivity index (χ3n) is 3.21. The molecular weight excluding hydrogens is 314 g/mol. The Morgan fingerprint density at radius 3 is 2.62 bits per heavy atom. The smallest absolute Gasteiger partial charge is 0.141 e. The normalized spacial score (nSPS) is 12.2. The lowest BCUT2D eigenvalue weighted by atomic mass is 9.98. The van der Waals surface area contributed by atoms with E-state index in [1.54, 1.807) is 31.4 Å². The van der Waals surface area contributed by atoms with Crippen molar-refractivity contribution < 1.29 is 9.13 Å². The fourth-order valence-corrected chi connectivity index (χ4v) is 2.51. The van der Waals surface area contributed by atoms with Crippen LogP contribution in [0.5, 0.6) is 5.75 Å². The van der Waals surface area contributed by atoms with E-state index in [2.05, 4.69) is 5.43 Å². The molecule has 1 unspecified atom stereocenters. The zero-order valence-corrected chi connectivity index (χ0v) is 12.9. The monoisotopic (exact) mass is 328 g/mol. The molecule has 2 aromatic carbocycles. The summed E-state index contributed by atoms with van der Waals surface area (Å²) in [5.41, 5.74) is 4.38. The van der Waals surface area contributed by atoms with Crippen LogP contribution in [-0.4, -0.2) is 7.11 Å². The van der Waals surface area contributed by atoms with Gasteiger partial charge in [-0.1, -0.05) is 29.3 Å². The van der Waals surface area contributed by atoms with Crippen LogP contribution in [0.25, 0.3) is 0 Å². The number of nitrogens with one attached hydrogen (secondary N) is 1. The molecule has 0 aromatic heterocycles. The molecule has 112 valence electrons. The molecular formula is C15H15Cl2FN2O. The van der Waals surface area contributed by atoms with Gasteiger partial charge in [0.2, 0.25) is 0 Å². The molecule has 0 saturated heterocycles. The maximum Gasteiger partial charge on any atom is 0.141 e. The molecule has 21 heavy (non-hydrogen) atoms. The first-order valence-corrected chi connectivity index (χ1v) is 7.04. The second-order valence-corrected chi connectivity index (χ2v) is 5.40. The Morgan fingerprint density at radius 2 is 2.00 bits per heavy atom. The van der Waals surface area contributed by atoms with Gasteiger partial charge in [-0.2, -0.15) is 0 Å². The molecule has 0 fully saturated rings. The Kier molecular flexibility index (Phi) is 5.42. The number of benzene rings is 2. The quantitative estimate of drug-likeness (QED) is 0.646. The van der Waals surface area contributed by atoms with Crippen LogP contribution in [0.15, 0.2) is 36.4 Å². The predicted molar refractivity (Wildman–Crippen MR) is 83.2 cm³/mol. The highest BCUT2D eigenvalue weighted by molar-refractivity contribution is 6.31. The number of nitrogens with two attached hydrogens (primary N) is 1. The SMILES string of the molecule is COc1ccc(Cl)cc1CC(NN)c1ccc(F)c(Cl)c1.